The predicted molar refractivity (Wildman–Crippen MR) is 102 cm³/mol. The summed E-state index contributed by atoms with van der Waals surface area (Å²) in [4.78, 5) is 32.8. The minimum absolute atomic E-state index is 0.0232. The lowest BCUT2D eigenvalue weighted by atomic mass is 10.1. The molecule has 28 heavy (non-hydrogen) atoms. The van der Waals surface area contributed by atoms with Gasteiger partial charge < -0.3 is 24.0 Å². The molecule has 2 unspecified atom stereocenters. The van der Waals surface area contributed by atoms with E-state index in [4.69, 9.17) is 14.2 Å². The first-order valence-electron chi connectivity index (χ1n) is 9.72. The van der Waals surface area contributed by atoms with E-state index in [-0.39, 0.29) is 24.1 Å². The molecular formula is C20H29N3O5. The fourth-order valence-electron chi connectivity index (χ4n) is 3.27. The van der Waals surface area contributed by atoms with Crippen LogP contribution in [0.3, 0.4) is 0 Å². The van der Waals surface area contributed by atoms with E-state index < -0.39 is 5.60 Å². The number of piperazine rings is 1. The Morgan fingerprint density at radius 1 is 1.25 bits per heavy atom. The Hall–Kier alpha value is -2.35. The van der Waals surface area contributed by atoms with Gasteiger partial charge in [0.05, 0.1) is 18.8 Å². The van der Waals surface area contributed by atoms with Gasteiger partial charge in [-0.3, -0.25) is 4.79 Å². The molecule has 2 saturated heterocycles. The fourth-order valence-corrected chi connectivity index (χ4v) is 3.27. The smallest absolute Gasteiger partial charge is 0.410 e. The molecule has 2 fully saturated rings. The number of pyridine rings is 1. The Bertz CT molecular complexity index is 695. The van der Waals surface area contributed by atoms with Crippen molar-refractivity contribution in [2.45, 2.75) is 51.9 Å². The minimum atomic E-state index is -0.534. The lowest BCUT2D eigenvalue weighted by molar-refractivity contribution is 0.00615. The van der Waals surface area contributed by atoms with E-state index in [1.807, 2.05) is 27.7 Å². The third-order valence-corrected chi connectivity index (χ3v) is 4.70. The van der Waals surface area contributed by atoms with E-state index in [0.717, 1.165) is 6.42 Å². The van der Waals surface area contributed by atoms with Gasteiger partial charge in [0.1, 0.15) is 11.7 Å². The number of carbonyl (C=O) groups is 2. The third-order valence-electron chi connectivity index (χ3n) is 4.70. The summed E-state index contributed by atoms with van der Waals surface area (Å²) in [6, 6.07) is 3.33. The van der Waals surface area contributed by atoms with Crippen LogP contribution in [0.4, 0.5) is 4.79 Å². The molecule has 2 atom stereocenters. The molecule has 3 rings (SSSR count). The fraction of sp³-hybridized carbons (Fsp3) is 0.650. The van der Waals surface area contributed by atoms with E-state index in [2.05, 4.69) is 4.98 Å². The molecule has 8 nitrogen and oxygen atoms in total. The maximum absolute atomic E-state index is 12.9. The van der Waals surface area contributed by atoms with Crippen molar-refractivity contribution in [2.24, 2.45) is 0 Å². The van der Waals surface area contributed by atoms with E-state index in [9.17, 15) is 9.59 Å². The average molecular weight is 391 g/mol. The molecule has 154 valence electrons. The van der Waals surface area contributed by atoms with E-state index in [1.54, 1.807) is 28.1 Å². The van der Waals surface area contributed by atoms with Gasteiger partial charge in [-0.25, -0.2) is 9.78 Å². The highest BCUT2D eigenvalue weighted by atomic mass is 16.6. The highest BCUT2D eigenvalue weighted by molar-refractivity contribution is 5.94. The summed E-state index contributed by atoms with van der Waals surface area (Å²) in [5.41, 5.74) is -0.0273. The van der Waals surface area contributed by atoms with Gasteiger partial charge in [-0.1, -0.05) is 0 Å². The van der Waals surface area contributed by atoms with Crippen LogP contribution in [0.5, 0.6) is 5.88 Å². The molecule has 2 amide bonds. The maximum atomic E-state index is 12.9. The summed E-state index contributed by atoms with van der Waals surface area (Å²) in [6.45, 7) is 10.1. The molecule has 0 bridgehead atoms. The van der Waals surface area contributed by atoms with Crippen molar-refractivity contribution in [1.29, 1.82) is 0 Å². The molecule has 0 aromatic carbocycles. The molecule has 1 aromatic rings. The summed E-state index contributed by atoms with van der Waals surface area (Å²) >= 11 is 0. The third kappa shape index (κ3) is 5.13. The van der Waals surface area contributed by atoms with Gasteiger partial charge in [0.15, 0.2) is 0 Å². The number of amides is 2. The highest BCUT2D eigenvalue weighted by Gasteiger charge is 2.32. The summed E-state index contributed by atoms with van der Waals surface area (Å²) in [7, 11) is 0. The monoisotopic (exact) mass is 391 g/mol. The zero-order valence-electron chi connectivity index (χ0n) is 17.0. The topological polar surface area (TPSA) is 81.2 Å². The van der Waals surface area contributed by atoms with Gasteiger partial charge in [-0.05, 0) is 33.8 Å². The van der Waals surface area contributed by atoms with Crippen molar-refractivity contribution in [3.63, 3.8) is 0 Å². The number of ether oxygens (including phenoxy) is 3. The van der Waals surface area contributed by atoms with Crippen molar-refractivity contribution in [1.82, 2.24) is 14.8 Å². The Morgan fingerprint density at radius 3 is 2.61 bits per heavy atom. The molecule has 3 heterocycles. The second kappa shape index (κ2) is 8.34. The molecule has 0 saturated carbocycles. The Morgan fingerprint density at radius 2 is 2.04 bits per heavy atom. The highest BCUT2D eigenvalue weighted by Crippen LogP contribution is 2.19. The molecule has 0 spiro atoms. The van der Waals surface area contributed by atoms with Crippen molar-refractivity contribution in [3.8, 4) is 5.88 Å². The maximum Gasteiger partial charge on any atom is 0.410 e. The number of aromatic nitrogens is 1. The Labute approximate surface area is 165 Å². The van der Waals surface area contributed by atoms with Gasteiger partial charge in [0, 0.05) is 44.4 Å². The van der Waals surface area contributed by atoms with Crippen LogP contribution < -0.4 is 4.74 Å². The Kier molecular flexibility index (Phi) is 6.07. The molecule has 0 aliphatic carbocycles. The van der Waals surface area contributed by atoms with Crippen LogP contribution in [0.15, 0.2) is 18.3 Å². The van der Waals surface area contributed by atoms with Crippen molar-refractivity contribution in [2.75, 3.05) is 32.8 Å². The van der Waals surface area contributed by atoms with Crippen molar-refractivity contribution < 1.29 is 23.8 Å². The largest absolute Gasteiger partial charge is 0.472 e. The van der Waals surface area contributed by atoms with Gasteiger partial charge in [0.2, 0.25) is 5.88 Å². The number of carbonyl (C=O) groups excluding carboxylic acids is 2. The average Bonchev–Trinajstić information content (AvgIpc) is 3.13. The van der Waals surface area contributed by atoms with Crippen LogP contribution in [0.2, 0.25) is 0 Å². The zero-order valence-corrected chi connectivity index (χ0v) is 17.0. The van der Waals surface area contributed by atoms with Crippen LogP contribution in [-0.4, -0.2) is 77.4 Å². The molecule has 2 aliphatic rings. The van der Waals surface area contributed by atoms with E-state index in [0.29, 0.717) is 44.3 Å². The number of hydrogen-bond donors (Lipinski definition) is 0. The number of nitrogens with zero attached hydrogens (tertiary/aromatic N) is 3. The lowest BCUT2D eigenvalue weighted by Crippen LogP contribution is -2.56. The molecule has 8 heteroatoms. The Balaban J connectivity index is 1.56. The van der Waals surface area contributed by atoms with Gasteiger partial charge in [-0.15, -0.1) is 0 Å². The van der Waals surface area contributed by atoms with Gasteiger partial charge in [0.25, 0.3) is 5.91 Å². The number of rotatable bonds is 3. The lowest BCUT2D eigenvalue weighted by Gasteiger charge is -2.40. The number of hydrogen-bond acceptors (Lipinski definition) is 6. The zero-order chi connectivity index (χ0) is 20.3. The summed E-state index contributed by atoms with van der Waals surface area (Å²) in [6.07, 6.45) is 2.07. The summed E-state index contributed by atoms with van der Waals surface area (Å²) < 4.78 is 16.4. The normalized spacial score (nSPS) is 22.9. The van der Waals surface area contributed by atoms with Gasteiger partial charge in [-0.2, -0.15) is 0 Å². The van der Waals surface area contributed by atoms with Crippen molar-refractivity contribution >= 4 is 12.0 Å². The van der Waals surface area contributed by atoms with E-state index >= 15 is 0 Å². The van der Waals surface area contributed by atoms with Gasteiger partial charge >= 0.3 is 6.09 Å². The second-order valence-electron chi connectivity index (χ2n) is 8.26. The summed E-state index contributed by atoms with van der Waals surface area (Å²) in [5.74, 6) is 0.398. The first-order chi connectivity index (χ1) is 13.2. The first kappa shape index (κ1) is 20.4. The van der Waals surface area contributed by atoms with Crippen LogP contribution in [0, 0.1) is 0 Å². The molecular weight excluding hydrogens is 362 g/mol. The van der Waals surface area contributed by atoms with Crippen molar-refractivity contribution in [3.05, 3.63) is 23.9 Å². The van der Waals surface area contributed by atoms with Crippen LogP contribution in [0.1, 0.15) is 44.5 Å². The van der Waals surface area contributed by atoms with Crippen LogP contribution in [0.25, 0.3) is 0 Å². The van der Waals surface area contributed by atoms with Crippen LogP contribution >= 0.6 is 0 Å². The quantitative estimate of drug-likeness (QED) is 0.787. The molecule has 2 aliphatic heterocycles. The van der Waals surface area contributed by atoms with E-state index in [1.165, 1.54) is 0 Å². The minimum Gasteiger partial charge on any atom is -0.472 e. The molecule has 0 N–H and O–H groups in total. The predicted octanol–water partition coefficient (Wildman–Crippen LogP) is 2.33. The second-order valence-corrected chi connectivity index (χ2v) is 8.26. The first-order valence-corrected chi connectivity index (χ1v) is 9.72. The molecule has 1 aromatic heterocycles. The standard InChI is InChI=1S/C20H29N3O5/c1-14-12-22(19(25)28-20(2,3)4)8-9-23(14)18(24)15-5-6-17(21-11-15)27-16-7-10-26-13-16/h5-6,11,14,16H,7-10,12-13H2,1-4H3. The SMILES string of the molecule is CC1CN(C(=O)OC(C)(C)C)CCN1C(=O)c1ccc(OC2CCOC2)nc1. The van der Waals surface area contributed by atoms with Crippen LogP contribution in [-0.2, 0) is 9.47 Å². The summed E-state index contributed by atoms with van der Waals surface area (Å²) in [5, 5.41) is 0. The molecule has 0 radical (unpaired) electrons.